The van der Waals surface area contributed by atoms with Crippen LogP contribution in [0.5, 0.6) is 0 Å². The Hall–Kier alpha value is -2.18. The average Bonchev–Trinajstić information content (AvgIpc) is 2.62. The second-order valence-corrected chi connectivity index (χ2v) is 5.12. The second-order valence-electron chi connectivity index (χ2n) is 5.12. The Morgan fingerprint density at radius 3 is 2.58 bits per heavy atom. The van der Waals surface area contributed by atoms with Gasteiger partial charge in [0.05, 0.1) is 5.69 Å². The van der Waals surface area contributed by atoms with Crippen molar-refractivity contribution in [3.63, 3.8) is 0 Å². The number of imide groups is 1. The van der Waals surface area contributed by atoms with Gasteiger partial charge >= 0.3 is 0 Å². The first-order valence-electron chi connectivity index (χ1n) is 5.90. The molecule has 7 nitrogen and oxygen atoms in total. The van der Waals surface area contributed by atoms with Crippen LogP contribution in [0.4, 0.5) is 0 Å². The molecular formula is C12H16N4O3. The molecule has 0 aliphatic carbocycles. The highest BCUT2D eigenvalue weighted by atomic mass is 16.2. The highest BCUT2D eigenvalue weighted by Crippen LogP contribution is 2.21. The van der Waals surface area contributed by atoms with E-state index in [2.05, 4.69) is 10.4 Å². The number of rotatable bonds is 1. The summed E-state index contributed by atoms with van der Waals surface area (Å²) in [6.45, 7) is 4.85. The molecule has 0 atom stereocenters. The first-order valence-corrected chi connectivity index (χ1v) is 5.90. The molecule has 1 saturated heterocycles. The van der Waals surface area contributed by atoms with Crippen molar-refractivity contribution in [2.75, 3.05) is 6.54 Å². The number of hydrogen-bond donors (Lipinski definition) is 1. The smallest absolute Gasteiger partial charge is 0.273 e. The third kappa shape index (κ3) is 2.11. The van der Waals surface area contributed by atoms with Crippen molar-refractivity contribution >= 4 is 17.7 Å². The van der Waals surface area contributed by atoms with Gasteiger partial charge in [-0.3, -0.25) is 24.4 Å². The van der Waals surface area contributed by atoms with Gasteiger partial charge in [-0.1, -0.05) is 0 Å². The maximum absolute atomic E-state index is 12.5. The van der Waals surface area contributed by atoms with Crippen molar-refractivity contribution < 1.29 is 14.4 Å². The molecule has 0 bridgehead atoms. The Labute approximate surface area is 110 Å². The number of nitrogens with one attached hydrogen (secondary N) is 1. The molecule has 0 spiro atoms. The molecule has 0 saturated carbocycles. The van der Waals surface area contributed by atoms with Gasteiger partial charge in [-0.05, 0) is 26.8 Å². The molecule has 0 unspecified atom stereocenters. The van der Waals surface area contributed by atoms with E-state index >= 15 is 0 Å². The summed E-state index contributed by atoms with van der Waals surface area (Å²) in [5.41, 5.74) is -0.00656. The van der Waals surface area contributed by atoms with Gasteiger partial charge in [-0.2, -0.15) is 5.10 Å². The molecule has 1 aliphatic rings. The normalized spacial score (nSPS) is 18.4. The zero-order valence-electron chi connectivity index (χ0n) is 11.4. The van der Waals surface area contributed by atoms with E-state index in [1.807, 2.05) is 0 Å². The molecule has 7 heteroatoms. The van der Waals surface area contributed by atoms with Gasteiger partial charge in [0, 0.05) is 7.05 Å². The lowest BCUT2D eigenvalue weighted by molar-refractivity contribution is -0.143. The van der Waals surface area contributed by atoms with Gasteiger partial charge in [0.15, 0.2) is 0 Å². The van der Waals surface area contributed by atoms with Crippen molar-refractivity contribution in [1.82, 2.24) is 20.0 Å². The first-order chi connectivity index (χ1) is 8.73. The molecule has 1 aromatic rings. The van der Waals surface area contributed by atoms with Crippen molar-refractivity contribution in [1.29, 1.82) is 0 Å². The van der Waals surface area contributed by atoms with Crippen LogP contribution < -0.4 is 5.32 Å². The molecule has 2 heterocycles. The fourth-order valence-corrected chi connectivity index (χ4v) is 2.06. The number of carbonyl (C=O) groups excluding carboxylic acids is 3. The maximum Gasteiger partial charge on any atom is 0.273 e. The van der Waals surface area contributed by atoms with Gasteiger partial charge in [0.25, 0.3) is 11.8 Å². The number of nitrogens with zero attached hydrogens (tertiary/aromatic N) is 3. The largest absolute Gasteiger partial charge is 0.314 e. The van der Waals surface area contributed by atoms with E-state index in [0.29, 0.717) is 11.4 Å². The Bertz CT molecular complexity index is 574. The van der Waals surface area contributed by atoms with Crippen LogP contribution >= 0.6 is 0 Å². The minimum absolute atomic E-state index is 0.137. The second kappa shape index (κ2) is 4.18. The Kier molecular flexibility index (Phi) is 2.92. The van der Waals surface area contributed by atoms with E-state index in [1.54, 1.807) is 33.9 Å². The monoisotopic (exact) mass is 264 g/mol. The predicted molar refractivity (Wildman–Crippen MR) is 66.2 cm³/mol. The minimum Gasteiger partial charge on any atom is -0.314 e. The number of hydrogen-bond acceptors (Lipinski definition) is 4. The van der Waals surface area contributed by atoms with E-state index in [4.69, 9.17) is 0 Å². The number of piperazine rings is 1. The van der Waals surface area contributed by atoms with E-state index in [9.17, 15) is 14.4 Å². The van der Waals surface area contributed by atoms with E-state index in [-0.39, 0.29) is 12.5 Å². The van der Waals surface area contributed by atoms with Gasteiger partial charge in [0.2, 0.25) is 5.91 Å². The molecule has 0 radical (unpaired) electrons. The van der Waals surface area contributed by atoms with Crippen LogP contribution in [-0.2, 0) is 16.6 Å². The van der Waals surface area contributed by atoms with E-state index in [0.717, 1.165) is 0 Å². The Balaban J connectivity index is 2.39. The van der Waals surface area contributed by atoms with Crippen LogP contribution in [0.2, 0.25) is 0 Å². The van der Waals surface area contributed by atoms with E-state index < -0.39 is 17.4 Å². The lowest BCUT2D eigenvalue weighted by Gasteiger charge is -2.39. The molecule has 19 heavy (non-hydrogen) atoms. The first kappa shape index (κ1) is 13.3. The highest BCUT2D eigenvalue weighted by molar-refractivity contribution is 6.08. The molecule has 1 aromatic heterocycles. The average molecular weight is 264 g/mol. The molecule has 1 N–H and O–H groups in total. The van der Waals surface area contributed by atoms with Gasteiger partial charge < -0.3 is 4.90 Å². The van der Waals surface area contributed by atoms with Crippen molar-refractivity contribution in [2.24, 2.45) is 7.05 Å². The number of aromatic nitrogens is 2. The third-order valence-electron chi connectivity index (χ3n) is 3.25. The molecule has 1 aliphatic heterocycles. The fourth-order valence-electron chi connectivity index (χ4n) is 2.06. The summed E-state index contributed by atoms with van der Waals surface area (Å²) in [6, 6.07) is 1.63. The summed E-state index contributed by atoms with van der Waals surface area (Å²) in [7, 11) is 1.65. The zero-order valence-corrected chi connectivity index (χ0v) is 11.4. The van der Waals surface area contributed by atoms with Crippen molar-refractivity contribution in [3.8, 4) is 0 Å². The van der Waals surface area contributed by atoms with Crippen molar-refractivity contribution in [2.45, 2.75) is 26.3 Å². The summed E-state index contributed by atoms with van der Waals surface area (Å²) in [6.07, 6.45) is 0. The van der Waals surface area contributed by atoms with Gasteiger partial charge in [-0.15, -0.1) is 0 Å². The quantitative estimate of drug-likeness (QED) is 0.700. The van der Waals surface area contributed by atoms with Crippen LogP contribution in [-0.4, -0.2) is 44.5 Å². The summed E-state index contributed by atoms with van der Waals surface area (Å²) >= 11 is 0. The molecule has 1 fully saturated rings. The molecule has 102 valence electrons. The molecule has 2 rings (SSSR count). The summed E-state index contributed by atoms with van der Waals surface area (Å²) < 4.78 is 1.45. The SMILES string of the molecule is Cc1cc(C(=O)N2CC(=O)NC(=O)C2(C)C)n(C)n1. The summed E-state index contributed by atoms with van der Waals surface area (Å²) in [4.78, 5) is 37.0. The maximum atomic E-state index is 12.5. The molecule has 3 amide bonds. The van der Waals surface area contributed by atoms with Crippen LogP contribution in [0.1, 0.15) is 30.0 Å². The minimum atomic E-state index is -1.07. The van der Waals surface area contributed by atoms with Crippen LogP contribution in [0.25, 0.3) is 0 Å². The predicted octanol–water partition coefficient (Wildman–Crippen LogP) is -0.394. The van der Waals surface area contributed by atoms with Gasteiger partial charge in [0.1, 0.15) is 17.8 Å². The van der Waals surface area contributed by atoms with Crippen molar-refractivity contribution in [3.05, 3.63) is 17.5 Å². The number of amides is 3. The fraction of sp³-hybridized carbons (Fsp3) is 0.500. The highest BCUT2D eigenvalue weighted by Gasteiger charge is 2.44. The molecular weight excluding hydrogens is 248 g/mol. The summed E-state index contributed by atoms with van der Waals surface area (Å²) in [5, 5.41) is 6.33. The zero-order chi connectivity index (χ0) is 14.4. The third-order valence-corrected chi connectivity index (χ3v) is 3.25. The Morgan fingerprint density at radius 1 is 1.42 bits per heavy atom. The Morgan fingerprint density at radius 2 is 2.05 bits per heavy atom. The van der Waals surface area contributed by atoms with Crippen LogP contribution in [0.3, 0.4) is 0 Å². The lowest BCUT2D eigenvalue weighted by atomic mass is 9.98. The number of aryl methyl sites for hydroxylation is 2. The lowest BCUT2D eigenvalue weighted by Crippen LogP contribution is -2.65. The number of carbonyl (C=O) groups is 3. The van der Waals surface area contributed by atoms with Crippen LogP contribution in [0, 0.1) is 6.92 Å². The van der Waals surface area contributed by atoms with Gasteiger partial charge in [-0.25, -0.2) is 0 Å². The van der Waals surface area contributed by atoms with E-state index in [1.165, 1.54) is 9.58 Å². The standard InChI is InChI=1S/C12H16N4O3/c1-7-5-8(15(4)14-7)10(18)16-6-9(17)13-11(19)12(16,2)3/h5H,6H2,1-4H3,(H,13,17,19). The summed E-state index contributed by atoms with van der Waals surface area (Å²) in [5.74, 6) is -1.33. The van der Waals surface area contributed by atoms with Crippen LogP contribution in [0.15, 0.2) is 6.07 Å². The topological polar surface area (TPSA) is 84.3 Å². The molecule has 0 aromatic carbocycles.